The lowest BCUT2D eigenvalue weighted by molar-refractivity contribution is -0.137. The van der Waals surface area contributed by atoms with Crippen molar-refractivity contribution in [2.45, 2.75) is 19.3 Å². The highest BCUT2D eigenvalue weighted by Crippen LogP contribution is 2.29. The predicted molar refractivity (Wildman–Crippen MR) is 117 cm³/mol. The number of carbonyl (C=O) groups is 2. The number of aryl methyl sites for hydroxylation is 1. The Labute approximate surface area is 181 Å². The Morgan fingerprint density at radius 3 is 2.47 bits per heavy atom. The number of hydrogen-bond donors (Lipinski definition) is 0. The van der Waals surface area contributed by atoms with Gasteiger partial charge in [0.2, 0.25) is 5.91 Å². The molecule has 30 heavy (non-hydrogen) atoms. The summed E-state index contributed by atoms with van der Waals surface area (Å²) in [4.78, 5) is 29.1. The first kappa shape index (κ1) is 20.5. The highest BCUT2D eigenvalue weighted by molar-refractivity contribution is 6.30. The molecule has 0 aromatic heterocycles. The third kappa shape index (κ3) is 4.85. The fourth-order valence-corrected chi connectivity index (χ4v) is 4.06. The van der Waals surface area contributed by atoms with Gasteiger partial charge in [-0.15, -0.1) is 0 Å². The molecule has 0 bridgehead atoms. The fraction of sp³-hybridized carbons (Fsp3) is 0.333. The number of piperazine rings is 1. The summed E-state index contributed by atoms with van der Waals surface area (Å²) >= 11 is 6.05. The third-order valence-corrected chi connectivity index (χ3v) is 5.81. The molecule has 2 heterocycles. The Bertz CT molecular complexity index is 950. The maximum atomic E-state index is 12.9. The van der Waals surface area contributed by atoms with Crippen LogP contribution < -0.4 is 4.74 Å². The van der Waals surface area contributed by atoms with Gasteiger partial charge in [0, 0.05) is 43.2 Å². The van der Waals surface area contributed by atoms with E-state index in [2.05, 4.69) is 12.1 Å². The predicted octanol–water partition coefficient (Wildman–Crippen LogP) is 3.81. The van der Waals surface area contributed by atoms with E-state index in [9.17, 15) is 9.59 Å². The summed E-state index contributed by atoms with van der Waals surface area (Å²) in [6, 6.07) is 15.6. The molecule has 0 saturated carbocycles. The topological polar surface area (TPSA) is 49.9 Å². The van der Waals surface area contributed by atoms with Crippen LogP contribution in [0.25, 0.3) is 6.08 Å². The quantitative estimate of drug-likeness (QED) is 0.733. The van der Waals surface area contributed by atoms with Crippen LogP contribution in [0.1, 0.15) is 24.0 Å². The number of fused-ring (bicyclic) bond motifs is 1. The largest absolute Gasteiger partial charge is 0.488 e. The van der Waals surface area contributed by atoms with Gasteiger partial charge in [-0.25, -0.2) is 0 Å². The van der Waals surface area contributed by atoms with E-state index in [-0.39, 0.29) is 18.4 Å². The van der Waals surface area contributed by atoms with Crippen LogP contribution in [-0.2, 0) is 16.0 Å². The molecule has 0 atom stereocenters. The molecular formula is C24H25ClN2O3. The Balaban J connectivity index is 1.27. The van der Waals surface area contributed by atoms with Gasteiger partial charge in [0.15, 0.2) is 0 Å². The van der Waals surface area contributed by atoms with Crippen molar-refractivity contribution in [3.05, 3.63) is 70.3 Å². The van der Waals surface area contributed by atoms with Crippen LogP contribution >= 0.6 is 11.6 Å². The first-order chi connectivity index (χ1) is 14.6. The van der Waals surface area contributed by atoms with E-state index in [1.807, 2.05) is 35.2 Å². The standard InChI is InChI=1S/C24H25ClN2O3/c25-21-9-10-22-19(16-21)15-20(17-30-22)24(29)27-13-11-26(12-14-27)23(28)8-4-7-18-5-2-1-3-6-18/h1-3,5-6,9-10,15-16H,4,7-8,11-14,17H2. The van der Waals surface area contributed by atoms with Crippen molar-refractivity contribution >= 4 is 29.5 Å². The van der Waals surface area contributed by atoms with Crippen molar-refractivity contribution in [3.8, 4) is 5.75 Å². The summed E-state index contributed by atoms with van der Waals surface area (Å²) in [6.07, 6.45) is 4.15. The van der Waals surface area contributed by atoms with Crippen LogP contribution in [0.4, 0.5) is 0 Å². The maximum Gasteiger partial charge on any atom is 0.253 e. The normalized spacial score (nSPS) is 15.8. The molecule has 2 aromatic carbocycles. The van der Waals surface area contributed by atoms with E-state index < -0.39 is 0 Å². The number of ether oxygens (including phenoxy) is 1. The zero-order chi connectivity index (χ0) is 20.9. The second-order valence-corrected chi connectivity index (χ2v) is 8.09. The second-order valence-electron chi connectivity index (χ2n) is 7.65. The average molecular weight is 425 g/mol. The molecule has 2 aliphatic heterocycles. The molecule has 6 heteroatoms. The number of benzene rings is 2. The summed E-state index contributed by atoms with van der Waals surface area (Å²) in [6.45, 7) is 2.50. The number of rotatable bonds is 5. The van der Waals surface area contributed by atoms with Gasteiger partial charge in [-0.05, 0) is 42.7 Å². The lowest BCUT2D eigenvalue weighted by Crippen LogP contribution is -2.51. The molecule has 0 spiro atoms. The zero-order valence-corrected chi connectivity index (χ0v) is 17.6. The number of amides is 2. The molecule has 1 fully saturated rings. The van der Waals surface area contributed by atoms with Crippen molar-refractivity contribution < 1.29 is 14.3 Å². The molecule has 156 valence electrons. The summed E-state index contributed by atoms with van der Waals surface area (Å²) in [7, 11) is 0. The van der Waals surface area contributed by atoms with Crippen LogP contribution in [0.2, 0.25) is 5.02 Å². The van der Waals surface area contributed by atoms with Gasteiger partial charge in [-0.2, -0.15) is 0 Å². The molecule has 5 nitrogen and oxygen atoms in total. The molecular weight excluding hydrogens is 400 g/mol. The molecule has 2 amide bonds. The first-order valence-electron chi connectivity index (χ1n) is 10.3. The van der Waals surface area contributed by atoms with E-state index in [0.29, 0.717) is 43.2 Å². The van der Waals surface area contributed by atoms with Gasteiger partial charge >= 0.3 is 0 Å². The lowest BCUT2D eigenvalue weighted by atomic mass is 10.1. The van der Waals surface area contributed by atoms with Crippen LogP contribution in [0.15, 0.2) is 54.1 Å². The van der Waals surface area contributed by atoms with Crippen molar-refractivity contribution in [1.29, 1.82) is 0 Å². The highest BCUT2D eigenvalue weighted by Gasteiger charge is 2.27. The average Bonchev–Trinajstić information content (AvgIpc) is 2.79. The number of hydrogen-bond acceptors (Lipinski definition) is 3. The number of carbonyl (C=O) groups excluding carboxylic acids is 2. The van der Waals surface area contributed by atoms with E-state index in [4.69, 9.17) is 16.3 Å². The van der Waals surface area contributed by atoms with Gasteiger partial charge in [0.25, 0.3) is 5.91 Å². The molecule has 0 aliphatic carbocycles. The summed E-state index contributed by atoms with van der Waals surface area (Å²) in [5.41, 5.74) is 2.70. The second kappa shape index (κ2) is 9.35. The molecule has 2 aliphatic rings. The monoisotopic (exact) mass is 424 g/mol. The molecule has 0 unspecified atom stereocenters. The van der Waals surface area contributed by atoms with Crippen molar-refractivity contribution in [3.63, 3.8) is 0 Å². The Kier molecular flexibility index (Phi) is 6.38. The van der Waals surface area contributed by atoms with Gasteiger partial charge in [0.1, 0.15) is 12.4 Å². The number of halogens is 1. The Morgan fingerprint density at radius 2 is 1.70 bits per heavy atom. The SMILES string of the molecule is O=C(CCCc1ccccc1)N1CCN(C(=O)C2=Cc3cc(Cl)ccc3OC2)CC1. The Morgan fingerprint density at radius 1 is 0.967 bits per heavy atom. The first-order valence-corrected chi connectivity index (χ1v) is 10.7. The minimum Gasteiger partial charge on any atom is -0.488 e. The van der Waals surface area contributed by atoms with Crippen molar-refractivity contribution in [1.82, 2.24) is 9.80 Å². The minimum absolute atomic E-state index is 0.0307. The highest BCUT2D eigenvalue weighted by atomic mass is 35.5. The molecule has 4 rings (SSSR count). The van der Waals surface area contributed by atoms with Gasteiger partial charge in [0.05, 0.1) is 5.57 Å². The molecule has 1 saturated heterocycles. The minimum atomic E-state index is -0.0307. The zero-order valence-electron chi connectivity index (χ0n) is 16.9. The smallest absolute Gasteiger partial charge is 0.253 e. The van der Waals surface area contributed by atoms with Crippen molar-refractivity contribution in [2.24, 2.45) is 0 Å². The summed E-state index contributed by atoms with van der Waals surface area (Å²) < 4.78 is 5.70. The number of nitrogens with zero attached hydrogens (tertiary/aromatic N) is 2. The van der Waals surface area contributed by atoms with E-state index in [1.54, 1.807) is 17.0 Å². The van der Waals surface area contributed by atoms with Gasteiger partial charge in [-0.3, -0.25) is 9.59 Å². The van der Waals surface area contributed by atoms with Gasteiger partial charge in [-0.1, -0.05) is 41.9 Å². The van der Waals surface area contributed by atoms with Crippen LogP contribution in [0.5, 0.6) is 5.75 Å². The Hall–Kier alpha value is -2.79. The summed E-state index contributed by atoms with van der Waals surface area (Å²) in [5, 5.41) is 0.613. The maximum absolute atomic E-state index is 12.9. The lowest BCUT2D eigenvalue weighted by Gasteiger charge is -2.35. The van der Waals surface area contributed by atoms with Crippen LogP contribution in [0, 0.1) is 0 Å². The van der Waals surface area contributed by atoms with Crippen molar-refractivity contribution in [2.75, 3.05) is 32.8 Å². The molecule has 2 aromatic rings. The van der Waals surface area contributed by atoms with E-state index >= 15 is 0 Å². The fourth-order valence-electron chi connectivity index (χ4n) is 3.88. The van der Waals surface area contributed by atoms with Crippen LogP contribution in [-0.4, -0.2) is 54.4 Å². The third-order valence-electron chi connectivity index (χ3n) is 5.58. The molecule has 0 radical (unpaired) electrons. The van der Waals surface area contributed by atoms with Gasteiger partial charge < -0.3 is 14.5 Å². The molecule has 0 N–H and O–H groups in total. The van der Waals surface area contributed by atoms with E-state index in [1.165, 1.54) is 5.56 Å². The van der Waals surface area contributed by atoms with Crippen LogP contribution in [0.3, 0.4) is 0 Å². The van der Waals surface area contributed by atoms with E-state index in [0.717, 1.165) is 24.2 Å². The summed E-state index contributed by atoms with van der Waals surface area (Å²) in [5.74, 6) is 0.875.